The molecular weight excluding hydrogens is 178 g/mol. The lowest BCUT2D eigenvalue weighted by molar-refractivity contribution is -0.233. The summed E-state index contributed by atoms with van der Waals surface area (Å²) < 4.78 is 10.6. The van der Waals surface area contributed by atoms with Gasteiger partial charge in [0.1, 0.15) is 0 Å². The van der Waals surface area contributed by atoms with Gasteiger partial charge in [-0.1, -0.05) is 24.3 Å². The molecule has 1 aromatic rings. The molecule has 3 nitrogen and oxygen atoms in total. The van der Waals surface area contributed by atoms with Crippen LogP contribution in [-0.4, -0.2) is 14.2 Å². The first-order chi connectivity index (χ1) is 6.82. The fourth-order valence-electron chi connectivity index (χ4n) is 1.62. The number of hydrogen-bond donors (Lipinski definition) is 0. The Labute approximate surface area is 83.3 Å². The standard InChI is InChI=1S/C11H12NO2/c1-13-11(14-2)10-6-4-3-5-9(10)7-8-12-11/h3-8H,1-2H3. The highest BCUT2D eigenvalue weighted by Gasteiger charge is 2.36. The lowest BCUT2D eigenvalue weighted by atomic mass is 10.0. The smallest absolute Gasteiger partial charge is 0.297 e. The Morgan fingerprint density at radius 3 is 2.57 bits per heavy atom. The first kappa shape index (κ1) is 9.24. The van der Waals surface area contributed by atoms with Crippen LogP contribution in [0.5, 0.6) is 0 Å². The van der Waals surface area contributed by atoms with E-state index in [1.807, 2.05) is 30.3 Å². The number of hydrogen-bond acceptors (Lipinski definition) is 2. The zero-order valence-corrected chi connectivity index (χ0v) is 8.23. The molecule has 0 N–H and O–H groups in total. The molecule has 3 heteroatoms. The van der Waals surface area contributed by atoms with E-state index in [2.05, 4.69) is 5.32 Å². The summed E-state index contributed by atoms with van der Waals surface area (Å²) in [4.78, 5) is 0. The molecule has 14 heavy (non-hydrogen) atoms. The Bertz CT molecular complexity index is 356. The van der Waals surface area contributed by atoms with Gasteiger partial charge in [-0.2, -0.15) is 0 Å². The third-order valence-corrected chi connectivity index (χ3v) is 2.35. The number of methoxy groups -OCH3 is 2. The largest absolute Gasteiger partial charge is 0.331 e. The van der Waals surface area contributed by atoms with Crippen LogP contribution in [0.2, 0.25) is 0 Å². The summed E-state index contributed by atoms with van der Waals surface area (Å²) in [5, 5.41) is 4.21. The fourth-order valence-corrected chi connectivity index (χ4v) is 1.62. The summed E-state index contributed by atoms with van der Waals surface area (Å²) in [5.74, 6) is -0.967. The second kappa shape index (κ2) is 3.44. The van der Waals surface area contributed by atoms with E-state index >= 15 is 0 Å². The molecule has 0 aromatic heterocycles. The maximum Gasteiger partial charge on any atom is 0.297 e. The van der Waals surface area contributed by atoms with Gasteiger partial charge in [0, 0.05) is 26.0 Å². The van der Waals surface area contributed by atoms with Crippen molar-refractivity contribution in [2.75, 3.05) is 14.2 Å². The molecule has 1 radical (unpaired) electrons. The Morgan fingerprint density at radius 2 is 1.86 bits per heavy atom. The summed E-state index contributed by atoms with van der Waals surface area (Å²) in [6.07, 6.45) is 3.64. The molecule has 0 fully saturated rings. The molecular formula is C11H12NO2. The van der Waals surface area contributed by atoms with Gasteiger partial charge in [-0.15, -0.1) is 0 Å². The van der Waals surface area contributed by atoms with Gasteiger partial charge in [-0.25, -0.2) is 5.32 Å². The molecule has 0 bridgehead atoms. The minimum atomic E-state index is -0.967. The van der Waals surface area contributed by atoms with Gasteiger partial charge in [-0.05, 0) is 11.6 Å². The van der Waals surface area contributed by atoms with Crippen LogP contribution >= 0.6 is 0 Å². The monoisotopic (exact) mass is 190 g/mol. The summed E-state index contributed by atoms with van der Waals surface area (Å²) in [7, 11) is 3.17. The predicted molar refractivity (Wildman–Crippen MR) is 53.3 cm³/mol. The first-order valence-electron chi connectivity index (χ1n) is 4.41. The fraction of sp³-hybridized carbons (Fsp3) is 0.273. The van der Waals surface area contributed by atoms with Gasteiger partial charge >= 0.3 is 0 Å². The van der Waals surface area contributed by atoms with Gasteiger partial charge in [0.15, 0.2) is 0 Å². The van der Waals surface area contributed by atoms with Crippen LogP contribution in [0.25, 0.3) is 6.08 Å². The van der Waals surface area contributed by atoms with Crippen LogP contribution in [0, 0.1) is 0 Å². The molecule has 0 aliphatic carbocycles. The van der Waals surface area contributed by atoms with Crippen molar-refractivity contribution in [3.63, 3.8) is 0 Å². The highest BCUT2D eigenvalue weighted by Crippen LogP contribution is 2.31. The van der Waals surface area contributed by atoms with E-state index in [-0.39, 0.29) is 0 Å². The molecule has 0 spiro atoms. The van der Waals surface area contributed by atoms with Crippen LogP contribution < -0.4 is 5.32 Å². The molecule has 0 saturated heterocycles. The van der Waals surface area contributed by atoms with Gasteiger partial charge < -0.3 is 9.47 Å². The van der Waals surface area contributed by atoms with E-state index in [1.165, 1.54) is 0 Å². The summed E-state index contributed by atoms with van der Waals surface area (Å²) in [6, 6.07) is 7.88. The number of rotatable bonds is 2. The summed E-state index contributed by atoms with van der Waals surface area (Å²) >= 11 is 0. The molecule has 1 heterocycles. The third-order valence-electron chi connectivity index (χ3n) is 2.35. The summed E-state index contributed by atoms with van der Waals surface area (Å²) in [5.41, 5.74) is 2.01. The minimum absolute atomic E-state index is 0.938. The number of benzene rings is 1. The van der Waals surface area contributed by atoms with Crippen molar-refractivity contribution in [3.05, 3.63) is 41.6 Å². The van der Waals surface area contributed by atoms with Crippen LogP contribution in [0.4, 0.5) is 0 Å². The summed E-state index contributed by atoms with van der Waals surface area (Å²) in [6.45, 7) is 0. The van der Waals surface area contributed by atoms with Gasteiger partial charge in [0.05, 0.1) is 0 Å². The number of fused-ring (bicyclic) bond motifs is 1. The first-order valence-corrected chi connectivity index (χ1v) is 4.41. The molecule has 2 rings (SSSR count). The molecule has 1 aliphatic rings. The predicted octanol–water partition coefficient (Wildman–Crippen LogP) is 1.68. The average Bonchev–Trinajstić information content (AvgIpc) is 2.28. The lowest BCUT2D eigenvalue weighted by Gasteiger charge is -2.32. The highest BCUT2D eigenvalue weighted by molar-refractivity contribution is 5.57. The molecule has 0 unspecified atom stereocenters. The minimum Gasteiger partial charge on any atom is -0.331 e. The maximum absolute atomic E-state index is 5.31. The van der Waals surface area contributed by atoms with Crippen molar-refractivity contribution in [2.45, 2.75) is 5.91 Å². The Kier molecular flexibility index (Phi) is 2.27. The van der Waals surface area contributed by atoms with Crippen molar-refractivity contribution >= 4 is 6.08 Å². The van der Waals surface area contributed by atoms with Gasteiger partial charge in [-0.3, -0.25) is 0 Å². The molecule has 1 aromatic carbocycles. The van der Waals surface area contributed by atoms with E-state index in [4.69, 9.17) is 9.47 Å². The van der Waals surface area contributed by atoms with Crippen LogP contribution in [0.3, 0.4) is 0 Å². The van der Waals surface area contributed by atoms with E-state index in [1.54, 1.807) is 20.4 Å². The topological polar surface area (TPSA) is 32.6 Å². The third kappa shape index (κ3) is 1.22. The molecule has 0 saturated carbocycles. The number of ether oxygens (including phenoxy) is 2. The quantitative estimate of drug-likeness (QED) is 0.664. The zero-order valence-electron chi connectivity index (χ0n) is 8.23. The Balaban J connectivity index is 2.54. The van der Waals surface area contributed by atoms with Crippen molar-refractivity contribution in [3.8, 4) is 0 Å². The second-order valence-corrected chi connectivity index (χ2v) is 3.02. The van der Waals surface area contributed by atoms with Crippen molar-refractivity contribution in [2.24, 2.45) is 0 Å². The van der Waals surface area contributed by atoms with E-state index < -0.39 is 5.91 Å². The Morgan fingerprint density at radius 1 is 1.14 bits per heavy atom. The molecule has 0 amide bonds. The Hall–Kier alpha value is -1.32. The highest BCUT2D eigenvalue weighted by atomic mass is 16.7. The van der Waals surface area contributed by atoms with E-state index in [0.717, 1.165) is 11.1 Å². The normalized spacial score (nSPS) is 17.3. The van der Waals surface area contributed by atoms with Crippen LogP contribution in [-0.2, 0) is 15.4 Å². The molecule has 0 atom stereocenters. The van der Waals surface area contributed by atoms with Gasteiger partial charge in [0.2, 0.25) is 0 Å². The lowest BCUT2D eigenvalue weighted by Crippen LogP contribution is -2.40. The maximum atomic E-state index is 5.31. The average molecular weight is 190 g/mol. The van der Waals surface area contributed by atoms with Crippen molar-refractivity contribution in [1.82, 2.24) is 5.32 Å². The van der Waals surface area contributed by atoms with Crippen molar-refractivity contribution < 1.29 is 9.47 Å². The molecule has 1 aliphatic heterocycles. The van der Waals surface area contributed by atoms with Gasteiger partial charge in [0.25, 0.3) is 5.91 Å². The van der Waals surface area contributed by atoms with Crippen LogP contribution in [0.15, 0.2) is 30.5 Å². The van der Waals surface area contributed by atoms with E-state index in [9.17, 15) is 0 Å². The van der Waals surface area contributed by atoms with Crippen molar-refractivity contribution in [1.29, 1.82) is 0 Å². The second-order valence-electron chi connectivity index (χ2n) is 3.02. The number of nitrogens with zero attached hydrogens (tertiary/aromatic N) is 1. The zero-order chi connectivity index (χ0) is 10.0. The van der Waals surface area contributed by atoms with Crippen LogP contribution in [0.1, 0.15) is 11.1 Å². The SMILES string of the molecule is COC1(OC)[N]C=Cc2ccccc21. The molecule has 73 valence electrons. The van der Waals surface area contributed by atoms with E-state index in [0.29, 0.717) is 0 Å².